The highest BCUT2D eigenvalue weighted by Crippen LogP contribution is 2.42. The molecule has 140 valence electrons. The third-order valence-corrected chi connectivity index (χ3v) is 6.58. The molecule has 3 aromatic rings. The van der Waals surface area contributed by atoms with Crippen LogP contribution in [0.25, 0.3) is 21.7 Å². The number of hydrogen-bond acceptors (Lipinski definition) is 7. The SMILES string of the molecule is Cn1cc(-c2ccc(-c3nnc(N4CC5(CCCNC5)C4)s3)c(O)c2)cn1. The van der Waals surface area contributed by atoms with Gasteiger partial charge in [0.25, 0.3) is 0 Å². The van der Waals surface area contributed by atoms with E-state index in [-0.39, 0.29) is 5.75 Å². The Morgan fingerprint density at radius 1 is 1.22 bits per heavy atom. The number of benzene rings is 1. The molecule has 0 bridgehead atoms. The van der Waals surface area contributed by atoms with Crippen molar-refractivity contribution in [1.29, 1.82) is 0 Å². The quantitative estimate of drug-likeness (QED) is 0.725. The van der Waals surface area contributed by atoms with Crippen LogP contribution in [0.4, 0.5) is 5.13 Å². The standard InChI is InChI=1S/C19H22N6OS/c1-24-9-14(8-21-24)13-3-4-15(16(26)7-13)17-22-23-18(27-17)25-11-19(12-25)5-2-6-20-10-19/h3-4,7-9,20,26H,2,5-6,10-12H2,1H3. The molecule has 0 atom stereocenters. The first-order valence-corrected chi connectivity index (χ1v) is 10.1. The number of anilines is 1. The van der Waals surface area contributed by atoms with Crippen LogP contribution < -0.4 is 10.2 Å². The Morgan fingerprint density at radius 2 is 2.11 bits per heavy atom. The van der Waals surface area contributed by atoms with Crippen LogP contribution in [0, 0.1) is 5.41 Å². The third kappa shape index (κ3) is 2.98. The number of aromatic nitrogens is 4. The van der Waals surface area contributed by atoms with Crippen molar-refractivity contribution < 1.29 is 5.11 Å². The van der Waals surface area contributed by atoms with Crippen molar-refractivity contribution in [3.63, 3.8) is 0 Å². The van der Waals surface area contributed by atoms with Crippen LogP contribution in [-0.2, 0) is 7.05 Å². The van der Waals surface area contributed by atoms with Gasteiger partial charge in [0.2, 0.25) is 5.13 Å². The molecule has 2 aliphatic heterocycles. The van der Waals surface area contributed by atoms with Gasteiger partial charge in [-0.3, -0.25) is 4.68 Å². The van der Waals surface area contributed by atoms with Crippen molar-refractivity contribution in [2.75, 3.05) is 31.1 Å². The van der Waals surface area contributed by atoms with Crippen LogP contribution in [0.3, 0.4) is 0 Å². The van der Waals surface area contributed by atoms with Crippen molar-refractivity contribution in [1.82, 2.24) is 25.3 Å². The average molecular weight is 382 g/mol. The zero-order valence-corrected chi connectivity index (χ0v) is 16.0. The summed E-state index contributed by atoms with van der Waals surface area (Å²) in [7, 11) is 1.88. The highest BCUT2D eigenvalue weighted by atomic mass is 32.1. The van der Waals surface area contributed by atoms with E-state index >= 15 is 0 Å². The molecule has 0 amide bonds. The number of nitrogens with one attached hydrogen (secondary N) is 1. The minimum Gasteiger partial charge on any atom is -0.507 e. The molecule has 1 aromatic carbocycles. The van der Waals surface area contributed by atoms with E-state index < -0.39 is 0 Å². The van der Waals surface area contributed by atoms with E-state index in [0.717, 1.165) is 53.0 Å². The second kappa shape index (κ2) is 6.31. The highest BCUT2D eigenvalue weighted by molar-refractivity contribution is 7.18. The van der Waals surface area contributed by atoms with Crippen LogP contribution in [0.5, 0.6) is 5.75 Å². The number of rotatable bonds is 3. The molecule has 0 unspecified atom stereocenters. The van der Waals surface area contributed by atoms with Gasteiger partial charge in [-0.25, -0.2) is 0 Å². The average Bonchev–Trinajstić information content (AvgIpc) is 3.29. The maximum Gasteiger partial charge on any atom is 0.208 e. The number of phenolic OH excluding ortho intramolecular Hbond substituents is 1. The predicted molar refractivity (Wildman–Crippen MR) is 106 cm³/mol. The summed E-state index contributed by atoms with van der Waals surface area (Å²) >= 11 is 1.54. The topological polar surface area (TPSA) is 79.1 Å². The fourth-order valence-corrected chi connectivity index (χ4v) is 4.99. The van der Waals surface area contributed by atoms with E-state index in [0.29, 0.717) is 5.41 Å². The number of piperidine rings is 1. The maximum absolute atomic E-state index is 10.5. The van der Waals surface area contributed by atoms with Crippen molar-refractivity contribution >= 4 is 16.5 Å². The minimum atomic E-state index is 0.218. The molecule has 4 heterocycles. The molecule has 5 rings (SSSR count). The van der Waals surface area contributed by atoms with E-state index in [9.17, 15) is 5.11 Å². The molecule has 1 spiro atoms. The van der Waals surface area contributed by atoms with E-state index in [1.807, 2.05) is 25.4 Å². The minimum absolute atomic E-state index is 0.218. The summed E-state index contributed by atoms with van der Waals surface area (Å²) in [6, 6.07) is 5.66. The predicted octanol–water partition coefficient (Wildman–Crippen LogP) is 2.50. The maximum atomic E-state index is 10.5. The second-order valence-electron chi connectivity index (χ2n) is 7.66. The fraction of sp³-hybridized carbons (Fsp3) is 0.421. The molecule has 2 aliphatic rings. The number of aromatic hydroxyl groups is 1. The summed E-state index contributed by atoms with van der Waals surface area (Å²) in [5.41, 5.74) is 3.05. The molecule has 2 fully saturated rings. The van der Waals surface area contributed by atoms with E-state index in [1.165, 1.54) is 12.8 Å². The summed E-state index contributed by atoms with van der Waals surface area (Å²) in [6.45, 7) is 4.33. The summed E-state index contributed by atoms with van der Waals surface area (Å²) < 4.78 is 1.75. The molecule has 7 nitrogen and oxygen atoms in total. The van der Waals surface area contributed by atoms with Crippen molar-refractivity contribution in [2.24, 2.45) is 12.5 Å². The van der Waals surface area contributed by atoms with E-state index in [4.69, 9.17) is 0 Å². The first-order valence-electron chi connectivity index (χ1n) is 9.24. The van der Waals surface area contributed by atoms with Gasteiger partial charge in [-0.2, -0.15) is 5.10 Å². The molecule has 0 radical (unpaired) electrons. The van der Waals surface area contributed by atoms with Gasteiger partial charge in [-0.05, 0) is 37.1 Å². The Hall–Kier alpha value is -2.45. The first-order chi connectivity index (χ1) is 13.1. The number of hydrogen-bond donors (Lipinski definition) is 2. The van der Waals surface area contributed by atoms with E-state index in [2.05, 4.69) is 25.5 Å². The second-order valence-corrected chi connectivity index (χ2v) is 8.62. The zero-order chi connectivity index (χ0) is 18.4. The van der Waals surface area contributed by atoms with Crippen LogP contribution in [-0.4, -0.2) is 51.3 Å². The smallest absolute Gasteiger partial charge is 0.208 e. The Bertz CT molecular complexity index is 966. The Kier molecular flexibility index (Phi) is 3.91. The molecular formula is C19H22N6OS. The van der Waals surface area contributed by atoms with Gasteiger partial charge in [-0.1, -0.05) is 17.4 Å². The molecule has 2 N–H and O–H groups in total. The Morgan fingerprint density at radius 3 is 2.81 bits per heavy atom. The Balaban J connectivity index is 1.34. The van der Waals surface area contributed by atoms with Crippen LogP contribution in [0.15, 0.2) is 30.6 Å². The van der Waals surface area contributed by atoms with Crippen LogP contribution in [0.1, 0.15) is 12.8 Å². The normalized spacial score (nSPS) is 18.6. The molecule has 2 aromatic heterocycles. The molecule has 8 heteroatoms. The summed E-state index contributed by atoms with van der Waals surface area (Å²) in [5.74, 6) is 0.218. The zero-order valence-electron chi connectivity index (χ0n) is 15.2. The molecular weight excluding hydrogens is 360 g/mol. The number of aryl methyl sites for hydroxylation is 1. The van der Waals surface area contributed by atoms with Crippen molar-refractivity contribution in [3.8, 4) is 27.4 Å². The molecule has 2 saturated heterocycles. The van der Waals surface area contributed by atoms with Gasteiger partial charge in [0.05, 0.1) is 11.8 Å². The monoisotopic (exact) mass is 382 g/mol. The van der Waals surface area contributed by atoms with Gasteiger partial charge in [-0.15, -0.1) is 10.2 Å². The molecule has 0 saturated carbocycles. The van der Waals surface area contributed by atoms with Crippen LogP contribution in [0.2, 0.25) is 0 Å². The highest BCUT2D eigenvalue weighted by Gasteiger charge is 2.44. The summed E-state index contributed by atoms with van der Waals surface area (Å²) in [6.07, 6.45) is 6.26. The lowest BCUT2D eigenvalue weighted by Crippen LogP contribution is -2.62. The number of nitrogens with zero attached hydrogens (tertiary/aromatic N) is 5. The fourth-order valence-electron chi connectivity index (χ4n) is 4.11. The lowest BCUT2D eigenvalue weighted by Gasteiger charge is -2.52. The van der Waals surface area contributed by atoms with Gasteiger partial charge in [0.15, 0.2) is 5.01 Å². The van der Waals surface area contributed by atoms with E-state index in [1.54, 1.807) is 28.3 Å². The molecule has 27 heavy (non-hydrogen) atoms. The summed E-state index contributed by atoms with van der Waals surface area (Å²) in [5, 5.41) is 28.6. The largest absolute Gasteiger partial charge is 0.507 e. The first kappa shape index (κ1) is 16.7. The van der Waals surface area contributed by atoms with Crippen LogP contribution >= 0.6 is 11.3 Å². The van der Waals surface area contributed by atoms with Crippen molar-refractivity contribution in [3.05, 3.63) is 30.6 Å². The third-order valence-electron chi connectivity index (χ3n) is 5.56. The van der Waals surface area contributed by atoms with Gasteiger partial charge < -0.3 is 15.3 Å². The lowest BCUT2D eigenvalue weighted by atomic mass is 9.74. The molecule has 0 aliphatic carbocycles. The van der Waals surface area contributed by atoms with Gasteiger partial charge >= 0.3 is 0 Å². The Labute approximate surface area is 161 Å². The van der Waals surface area contributed by atoms with Crippen molar-refractivity contribution in [2.45, 2.75) is 12.8 Å². The lowest BCUT2D eigenvalue weighted by molar-refractivity contribution is 0.156. The number of phenols is 1. The van der Waals surface area contributed by atoms with Gasteiger partial charge in [0.1, 0.15) is 5.75 Å². The van der Waals surface area contributed by atoms with Gasteiger partial charge in [0, 0.05) is 43.9 Å². The summed E-state index contributed by atoms with van der Waals surface area (Å²) in [4.78, 5) is 2.30.